The van der Waals surface area contributed by atoms with Crippen molar-refractivity contribution in [3.8, 4) is 6.07 Å². The fourth-order valence-corrected chi connectivity index (χ4v) is 2.35. The number of hydrogen-bond donors (Lipinski definition) is 0. The molecule has 0 radical (unpaired) electrons. The van der Waals surface area contributed by atoms with Crippen LogP contribution in [0.1, 0.15) is 13.8 Å². The van der Waals surface area contributed by atoms with E-state index in [0.717, 1.165) is 0 Å². The number of carbonyl (C=O) groups excluding carboxylic acids is 1. The van der Waals surface area contributed by atoms with Crippen molar-refractivity contribution in [3.05, 3.63) is 0 Å². The lowest BCUT2D eigenvalue weighted by Gasteiger charge is -2.28. The fraction of sp³-hybridized carbons (Fsp3) is 0.778. The Balaban J connectivity index is 4.66. The zero-order valence-electron chi connectivity index (χ0n) is 9.38. The molecule has 0 fully saturated rings. The van der Waals surface area contributed by atoms with E-state index in [1.54, 1.807) is 6.92 Å². The molecule has 0 amide bonds. The normalized spacial score (nSPS) is 15.4. The van der Waals surface area contributed by atoms with Gasteiger partial charge in [-0.3, -0.25) is 0 Å². The van der Waals surface area contributed by atoms with Gasteiger partial charge in [0.2, 0.25) is 5.60 Å². The Morgan fingerprint density at radius 1 is 1.50 bits per heavy atom. The van der Waals surface area contributed by atoms with Crippen LogP contribution in [0.5, 0.6) is 0 Å². The van der Waals surface area contributed by atoms with Gasteiger partial charge in [0.1, 0.15) is 6.07 Å². The first-order valence-electron chi connectivity index (χ1n) is 4.54. The van der Waals surface area contributed by atoms with Crippen molar-refractivity contribution in [2.75, 3.05) is 6.61 Å². The van der Waals surface area contributed by atoms with Crippen molar-refractivity contribution in [2.45, 2.75) is 39.1 Å². The van der Waals surface area contributed by atoms with Crippen LogP contribution in [0.25, 0.3) is 0 Å². The van der Waals surface area contributed by atoms with E-state index in [9.17, 15) is 4.79 Å². The van der Waals surface area contributed by atoms with E-state index in [2.05, 4.69) is 0 Å². The maximum Gasteiger partial charge on any atom is 0.352 e. The van der Waals surface area contributed by atoms with Gasteiger partial charge in [0.25, 0.3) is 0 Å². The van der Waals surface area contributed by atoms with Gasteiger partial charge in [0.05, 0.1) is 6.61 Å². The molecule has 0 unspecified atom stereocenters. The molecule has 5 heteroatoms. The molecule has 0 aliphatic rings. The molecule has 0 heterocycles. The standard InChI is InChI=1S/C9H17NO3Si/c1-6-12-8(11)9(2,7-10)13-14(3,4)5/h6H2,1-5H3/t9-/m1/s1. The van der Waals surface area contributed by atoms with Crippen molar-refractivity contribution < 1.29 is 14.0 Å². The molecule has 0 saturated carbocycles. The average Bonchev–Trinajstić information content (AvgIpc) is 2.01. The lowest BCUT2D eigenvalue weighted by atomic mass is 10.1. The van der Waals surface area contributed by atoms with E-state index in [-0.39, 0.29) is 6.61 Å². The van der Waals surface area contributed by atoms with Crippen LogP contribution in [0, 0.1) is 11.3 Å². The summed E-state index contributed by atoms with van der Waals surface area (Å²) in [5.74, 6) is -0.607. The topological polar surface area (TPSA) is 59.3 Å². The third-order valence-electron chi connectivity index (χ3n) is 1.39. The Kier molecular flexibility index (Phi) is 4.29. The summed E-state index contributed by atoms with van der Waals surface area (Å²) in [5.41, 5.74) is -1.46. The highest BCUT2D eigenvalue weighted by molar-refractivity contribution is 6.70. The predicted molar refractivity (Wildman–Crippen MR) is 55.1 cm³/mol. The molecular formula is C9H17NO3Si. The minimum atomic E-state index is -1.93. The first-order valence-corrected chi connectivity index (χ1v) is 7.94. The monoisotopic (exact) mass is 215 g/mol. The second-order valence-corrected chi connectivity index (χ2v) is 8.51. The van der Waals surface area contributed by atoms with Crippen LogP contribution < -0.4 is 0 Å². The number of esters is 1. The molecule has 80 valence electrons. The van der Waals surface area contributed by atoms with Gasteiger partial charge in [-0.2, -0.15) is 5.26 Å². The van der Waals surface area contributed by atoms with Gasteiger partial charge in [0.15, 0.2) is 8.32 Å². The van der Waals surface area contributed by atoms with Crippen LogP contribution in [-0.4, -0.2) is 26.5 Å². The van der Waals surface area contributed by atoms with Crippen LogP contribution in [0.4, 0.5) is 0 Å². The Morgan fingerprint density at radius 2 is 2.00 bits per heavy atom. The van der Waals surface area contributed by atoms with E-state index in [4.69, 9.17) is 14.4 Å². The molecule has 0 rings (SSSR count). The summed E-state index contributed by atoms with van der Waals surface area (Å²) in [6.45, 7) is 9.16. The van der Waals surface area contributed by atoms with Crippen molar-refractivity contribution in [3.63, 3.8) is 0 Å². The smallest absolute Gasteiger partial charge is 0.352 e. The quantitative estimate of drug-likeness (QED) is 0.529. The third-order valence-corrected chi connectivity index (χ3v) is 2.41. The van der Waals surface area contributed by atoms with Crippen LogP contribution >= 0.6 is 0 Å². The Hall–Kier alpha value is -0.863. The fourth-order valence-electron chi connectivity index (χ4n) is 0.991. The summed E-state index contributed by atoms with van der Waals surface area (Å²) < 4.78 is 10.3. The van der Waals surface area contributed by atoms with Crippen molar-refractivity contribution >= 4 is 14.3 Å². The first kappa shape index (κ1) is 13.1. The number of ether oxygens (including phenoxy) is 1. The van der Waals surface area contributed by atoms with Crippen LogP contribution in [0.2, 0.25) is 19.6 Å². The molecule has 4 nitrogen and oxygen atoms in total. The maximum atomic E-state index is 11.4. The van der Waals surface area contributed by atoms with E-state index in [1.807, 2.05) is 25.7 Å². The van der Waals surface area contributed by atoms with Gasteiger partial charge in [-0.1, -0.05) is 0 Å². The molecule has 0 aliphatic carbocycles. The maximum absolute atomic E-state index is 11.4. The number of carbonyl (C=O) groups is 1. The van der Waals surface area contributed by atoms with E-state index >= 15 is 0 Å². The Morgan fingerprint density at radius 3 is 2.29 bits per heavy atom. The summed E-state index contributed by atoms with van der Waals surface area (Å²) in [6, 6.07) is 1.86. The van der Waals surface area contributed by atoms with E-state index in [1.165, 1.54) is 6.92 Å². The van der Waals surface area contributed by atoms with E-state index < -0.39 is 19.9 Å². The highest BCUT2D eigenvalue weighted by atomic mass is 28.4. The van der Waals surface area contributed by atoms with Crippen molar-refractivity contribution in [1.29, 1.82) is 5.26 Å². The van der Waals surface area contributed by atoms with E-state index in [0.29, 0.717) is 0 Å². The summed E-state index contributed by atoms with van der Waals surface area (Å²) in [5, 5.41) is 8.89. The van der Waals surface area contributed by atoms with Gasteiger partial charge in [0, 0.05) is 0 Å². The predicted octanol–water partition coefficient (Wildman–Crippen LogP) is 1.68. The van der Waals surface area contributed by atoms with Crippen molar-refractivity contribution in [2.24, 2.45) is 0 Å². The van der Waals surface area contributed by atoms with Gasteiger partial charge >= 0.3 is 5.97 Å². The SMILES string of the molecule is CCOC(=O)[C@@](C)(C#N)O[Si](C)(C)C. The summed E-state index contributed by atoms with van der Waals surface area (Å²) in [6.07, 6.45) is 0. The highest BCUT2D eigenvalue weighted by Gasteiger charge is 2.40. The molecule has 0 saturated heterocycles. The van der Waals surface area contributed by atoms with Crippen LogP contribution in [0.3, 0.4) is 0 Å². The number of hydrogen-bond acceptors (Lipinski definition) is 4. The van der Waals surface area contributed by atoms with Crippen molar-refractivity contribution in [1.82, 2.24) is 0 Å². The van der Waals surface area contributed by atoms with Crippen LogP contribution in [-0.2, 0) is 14.0 Å². The Labute approximate surface area is 85.9 Å². The number of nitriles is 1. The number of rotatable bonds is 4. The molecule has 0 N–H and O–H groups in total. The molecule has 0 aliphatic heterocycles. The molecular weight excluding hydrogens is 198 g/mol. The molecule has 0 bridgehead atoms. The highest BCUT2D eigenvalue weighted by Crippen LogP contribution is 2.18. The molecule has 0 aromatic carbocycles. The Bertz CT molecular complexity index is 254. The summed E-state index contributed by atoms with van der Waals surface area (Å²) in [7, 11) is -1.93. The van der Waals surface area contributed by atoms with Gasteiger partial charge in [-0.15, -0.1) is 0 Å². The molecule has 0 aromatic rings. The molecule has 14 heavy (non-hydrogen) atoms. The third kappa shape index (κ3) is 3.90. The molecule has 1 atom stereocenters. The minimum Gasteiger partial charge on any atom is -0.463 e. The summed E-state index contributed by atoms with van der Waals surface area (Å²) in [4.78, 5) is 11.4. The average molecular weight is 215 g/mol. The lowest BCUT2D eigenvalue weighted by molar-refractivity contribution is -0.156. The van der Waals surface area contributed by atoms with Gasteiger partial charge in [-0.25, -0.2) is 4.79 Å². The largest absolute Gasteiger partial charge is 0.463 e. The molecule has 0 spiro atoms. The summed E-state index contributed by atoms with van der Waals surface area (Å²) >= 11 is 0. The zero-order chi connectivity index (χ0) is 11.4. The lowest BCUT2D eigenvalue weighted by Crippen LogP contribution is -2.46. The zero-order valence-corrected chi connectivity index (χ0v) is 10.4. The van der Waals surface area contributed by atoms with Crippen LogP contribution in [0.15, 0.2) is 0 Å². The van der Waals surface area contributed by atoms with Gasteiger partial charge < -0.3 is 9.16 Å². The number of nitrogens with zero attached hydrogens (tertiary/aromatic N) is 1. The second-order valence-electron chi connectivity index (χ2n) is 4.08. The first-order chi connectivity index (χ1) is 6.25. The minimum absolute atomic E-state index is 0.255. The second kappa shape index (κ2) is 4.58. The molecule has 0 aromatic heterocycles. The van der Waals surface area contributed by atoms with Gasteiger partial charge in [-0.05, 0) is 33.5 Å².